The Morgan fingerprint density at radius 2 is 1.71 bits per heavy atom. The number of anilines is 2. The lowest BCUT2D eigenvalue weighted by Gasteiger charge is -2.27. The van der Waals surface area contributed by atoms with Gasteiger partial charge in [0.05, 0.1) is 12.4 Å². The maximum atomic E-state index is 12.6. The van der Waals surface area contributed by atoms with Crippen molar-refractivity contribution >= 4 is 17.4 Å². The average Bonchev–Trinajstić information content (AvgIpc) is 2.73. The maximum absolute atomic E-state index is 12.6. The molecule has 1 N–H and O–H groups in total. The van der Waals surface area contributed by atoms with E-state index in [-0.39, 0.29) is 11.9 Å². The minimum absolute atomic E-state index is 0.251. The summed E-state index contributed by atoms with van der Waals surface area (Å²) in [5.41, 5.74) is 3.41. The van der Waals surface area contributed by atoms with E-state index in [9.17, 15) is 4.79 Å². The summed E-state index contributed by atoms with van der Waals surface area (Å²) in [6.07, 6.45) is 4.06. The minimum Gasteiger partial charge on any atom is -0.349 e. The van der Waals surface area contributed by atoms with Gasteiger partial charge in [-0.05, 0) is 37.5 Å². The summed E-state index contributed by atoms with van der Waals surface area (Å²) < 4.78 is 0. The fraction of sp³-hybridized carbons (Fsp3) is 0.261. The summed E-state index contributed by atoms with van der Waals surface area (Å²) in [5.74, 6) is 0.503. The van der Waals surface area contributed by atoms with Gasteiger partial charge in [0, 0.05) is 18.3 Å². The third-order valence-corrected chi connectivity index (χ3v) is 4.63. The van der Waals surface area contributed by atoms with Gasteiger partial charge in [0.2, 0.25) is 0 Å². The van der Waals surface area contributed by atoms with Crippen LogP contribution in [-0.4, -0.2) is 21.9 Å². The highest BCUT2D eigenvalue weighted by Crippen LogP contribution is 2.19. The van der Waals surface area contributed by atoms with Gasteiger partial charge in [-0.2, -0.15) is 0 Å². The van der Waals surface area contributed by atoms with Gasteiger partial charge in [0.1, 0.15) is 11.5 Å². The molecule has 2 aromatic carbocycles. The number of nitrogens with zero attached hydrogens (tertiary/aromatic N) is 3. The van der Waals surface area contributed by atoms with E-state index in [0.29, 0.717) is 5.69 Å². The van der Waals surface area contributed by atoms with Gasteiger partial charge in [0.15, 0.2) is 0 Å². The van der Waals surface area contributed by atoms with Crippen molar-refractivity contribution in [2.75, 3.05) is 10.2 Å². The first-order valence-corrected chi connectivity index (χ1v) is 9.60. The second kappa shape index (κ2) is 9.13. The number of hydrogen-bond donors (Lipinski definition) is 1. The molecule has 5 nitrogen and oxygen atoms in total. The number of carbonyl (C=O) groups excluding carboxylic acids is 1. The van der Waals surface area contributed by atoms with Crippen molar-refractivity contribution in [3.05, 3.63) is 83.8 Å². The molecule has 0 unspecified atom stereocenters. The molecule has 0 aliphatic carbocycles. The Balaban J connectivity index is 1.75. The highest BCUT2D eigenvalue weighted by atomic mass is 16.1. The Morgan fingerprint density at radius 3 is 2.36 bits per heavy atom. The first kappa shape index (κ1) is 19.5. The lowest BCUT2D eigenvalue weighted by Crippen LogP contribution is -2.31. The number of para-hydroxylation sites is 1. The number of carbonyl (C=O) groups is 1. The number of benzene rings is 2. The average molecular weight is 374 g/mol. The number of hydrogen-bond acceptors (Lipinski definition) is 4. The molecule has 0 radical (unpaired) electrons. The minimum atomic E-state index is -0.251. The summed E-state index contributed by atoms with van der Waals surface area (Å²) in [5, 5.41) is 2.93. The van der Waals surface area contributed by atoms with Crippen LogP contribution < -0.4 is 10.2 Å². The largest absolute Gasteiger partial charge is 0.349 e. The van der Waals surface area contributed by atoms with E-state index >= 15 is 0 Å². The van der Waals surface area contributed by atoms with Crippen molar-refractivity contribution in [1.29, 1.82) is 0 Å². The summed E-state index contributed by atoms with van der Waals surface area (Å²) in [6.45, 7) is 7.04. The van der Waals surface area contributed by atoms with Crippen molar-refractivity contribution in [3.63, 3.8) is 0 Å². The first-order chi connectivity index (χ1) is 13.6. The van der Waals surface area contributed by atoms with Gasteiger partial charge in [-0.1, -0.05) is 55.5 Å². The molecule has 0 bridgehead atoms. The Labute approximate surface area is 166 Å². The van der Waals surface area contributed by atoms with Crippen LogP contribution in [0.15, 0.2) is 67.0 Å². The van der Waals surface area contributed by atoms with Gasteiger partial charge in [0.25, 0.3) is 5.91 Å². The van der Waals surface area contributed by atoms with Crippen LogP contribution in [0, 0.1) is 0 Å². The molecule has 0 saturated carbocycles. The smallest absolute Gasteiger partial charge is 0.275 e. The van der Waals surface area contributed by atoms with E-state index in [1.807, 2.05) is 42.5 Å². The molecule has 144 valence electrons. The Kier molecular flexibility index (Phi) is 6.37. The number of rotatable bonds is 7. The Hall–Kier alpha value is -3.21. The lowest BCUT2D eigenvalue weighted by atomic mass is 10.1. The maximum Gasteiger partial charge on any atom is 0.275 e. The summed E-state index contributed by atoms with van der Waals surface area (Å²) in [4.78, 5) is 23.6. The van der Waals surface area contributed by atoms with Crippen molar-refractivity contribution in [1.82, 2.24) is 9.97 Å². The molecule has 0 aliphatic heterocycles. The van der Waals surface area contributed by atoms with Crippen molar-refractivity contribution in [3.8, 4) is 0 Å². The van der Waals surface area contributed by atoms with E-state index in [0.717, 1.165) is 30.0 Å². The summed E-state index contributed by atoms with van der Waals surface area (Å²) in [6, 6.07) is 18.3. The molecule has 1 aromatic heterocycles. The number of aromatic nitrogens is 2. The normalized spacial score (nSPS) is 10.7. The molecule has 0 atom stereocenters. The molecular weight excluding hydrogens is 348 g/mol. The van der Waals surface area contributed by atoms with Gasteiger partial charge in [-0.3, -0.25) is 4.79 Å². The molecule has 3 rings (SSSR count). The molecule has 3 aromatic rings. The van der Waals surface area contributed by atoms with E-state index in [1.165, 1.54) is 5.56 Å². The third kappa shape index (κ3) is 4.74. The van der Waals surface area contributed by atoms with Crippen molar-refractivity contribution < 1.29 is 4.79 Å². The molecule has 0 fully saturated rings. The van der Waals surface area contributed by atoms with Crippen LogP contribution >= 0.6 is 0 Å². The molecule has 1 amide bonds. The van der Waals surface area contributed by atoms with Crippen LogP contribution in [0.3, 0.4) is 0 Å². The predicted molar refractivity (Wildman–Crippen MR) is 114 cm³/mol. The monoisotopic (exact) mass is 374 g/mol. The molecule has 5 heteroatoms. The second-order valence-electron chi connectivity index (χ2n) is 6.93. The summed E-state index contributed by atoms with van der Waals surface area (Å²) in [7, 11) is 0. The number of amides is 1. The molecule has 0 saturated heterocycles. The topological polar surface area (TPSA) is 58.1 Å². The molecule has 28 heavy (non-hydrogen) atoms. The zero-order valence-electron chi connectivity index (χ0n) is 16.6. The van der Waals surface area contributed by atoms with E-state index < -0.39 is 0 Å². The van der Waals surface area contributed by atoms with Crippen LogP contribution in [0.1, 0.15) is 42.4 Å². The zero-order valence-corrected chi connectivity index (χ0v) is 16.6. The first-order valence-electron chi connectivity index (χ1n) is 9.60. The zero-order chi connectivity index (χ0) is 19.9. The lowest BCUT2D eigenvalue weighted by molar-refractivity contribution is 0.102. The Morgan fingerprint density at radius 1 is 1.00 bits per heavy atom. The van der Waals surface area contributed by atoms with Crippen LogP contribution in [0.25, 0.3) is 0 Å². The van der Waals surface area contributed by atoms with Gasteiger partial charge in [-0.15, -0.1) is 0 Å². The molecular formula is C23H26N4O. The van der Waals surface area contributed by atoms with E-state index in [4.69, 9.17) is 0 Å². The van der Waals surface area contributed by atoms with Gasteiger partial charge in [-0.25, -0.2) is 9.97 Å². The third-order valence-electron chi connectivity index (χ3n) is 4.63. The quantitative estimate of drug-likeness (QED) is 0.651. The van der Waals surface area contributed by atoms with Crippen LogP contribution in [0.2, 0.25) is 0 Å². The summed E-state index contributed by atoms with van der Waals surface area (Å²) >= 11 is 0. The van der Waals surface area contributed by atoms with Crippen molar-refractivity contribution in [2.24, 2.45) is 0 Å². The highest BCUT2D eigenvalue weighted by Gasteiger charge is 2.15. The predicted octanol–water partition coefficient (Wildman–Crippen LogP) is 4.71. The van der Waals surface area contributed by atoms with Crippen molar-refractivity contribution in [2.45, 2.75) is 39.8 Å². The van der Waals surface area contributed by atoms with Gasteiger partial charge >= 0.3 is 0 Å². The standard InChI is InChI=1S/C23H26N4O/c1-4-19-12-8-9-13-20(19)26-23(28)21-14-25-22(15-24-21)27(17(2)3)16-18-10-6-5-7-11-18/h5-15,17H,4,16H2,1-3H3,(H,26,28). The SMILES string of the molecule is CCc1ccccc1NC(=O)c1cnc(N(Cc2ccccc2)C(C)C)cn1. The fourth-order valence-corrected chi connectivity index (χ4v) is 3.03. The molecule has 0 aliphatic rings. The number of aryl methyl sites for hydroxylation is 1. The van der Waals surface area contributed by atoms with Crippen LogP contribution in [0.5, 0.6) is 0 Å². The fourth-order valence-electron chi connectivity index (χ4n) is 3.03. The second-order valence-corrected chi connectivity index (χ2v) is 6.93. The van der Waals surface area contributed by atoms with E-state index in [1.54, 1.807) is 12.4 Å². The molecule has 0 spiro atoms. The van der Waals surface area contributed by atoms with Gasteiger partial charge < -0.3 is 10.2 Å². The van der Waals surface area contributed by atoms with E-state index in [2.05, 4.69) is 53.1 Å². The van der Waals surface area contributed by atoms with Crippen LogP contribution in [0.4, 0.5) is 11.5 Å². The molecule has 1 heterocycles. The highest BCUT2D eigenvalue weighted by molar-refractivity contribution is 6.03. The Bertz CT molecular complexity index is 907. The number of nitrogens with one attached hydrogen (secondary N) is 1. The van der Waals surface area contributed by atoms with Crippen LogP contribution in [-0.2, 0) is 13.0 Å².